The monoisotopic (exact) mass is 554 g/mol. The molecule has 3 aliphatic heterocycles. The number of nitrogens with one attached hydrogen (secondary N) is 2. The second kappa shape index (κ2) is 12.3. The Hall–Kier alpha value is -3.56. The Labute approximate surface area is 236 Å². The third-order valence-corrected chi connectivity index (χ3v) is 8.02. The second-order valence-electron chi connectivity index (χ2n) is 12.1. The van der Waals surface area contributed by atoms with E-state index in [9.17, 15) is 19.2 Å². The van der Waals surface area contributed by atoms with Crippen molar-refractivity contribution in [2.75, 3.05) is 43.0 Å². The van der Waals surface area contributed by atoms with Crippen molar-refractivity contribution in [1.82, 2.24) is 10.2 Å². The van der Waals surface area contributed by atoms with Crippen molar-refractivity contribution in [3.63, 3.8) is 0 Å². The Balaban J connectivity index is 1.41. The lowest BCUT2D eigenvalue weighted by atomic mass is 9.71. The van der Waals surface area contributed by atoms with Gasteiger partial charge in [-0.2, -0.15) is 0 Å². The number of piperidine rings is 3. The molecule has 2 N–H and O–H groups in total. The van der Waals surface area contributed by atoms with Gasteiger partial charge in [-0.05, 0) is 82.1 Å². The van der Waals surface area contributed by atoms with E-state index in [0.717, 1.165) is 50.0 Å². The predicted molar refractivity (Wildman–Crippen MR) is 152 cm³/mol. The van der Waals surface area contributed by atoms with Crippen LogP contribution < -0.4 is 15.5 Å². The molecule has 3 heterocycles. The summed E-state index contributed by atoms with van der Waals surface area (Å²) < 4.78 is 10.8. The minimum absolute atomic E-state index is 0.0512. The van der Waals surface area contributed by atoms with Crippen LogP contribution in [-0.2, 0) is 30.3 Å². The molecule has 3 amide bonds. The molecule has 1 aromatic rings. The SMILES string of the molecule is C=CCOC(=O)Cc1cc(N2CCC3(CCN(C(=O)OC(C)(C)C)CC3)CC2)ccc1NC1CCC(=O)NC1=O. The molecule has 0 aliphatic carbocycles. The smallest absolute Gasteiger partial charge is 0.410 e. The second-order valence-corrected chi connectivity index (χ2v) is 12.1. The van der Waals surface area contributed by atoms with E-state index < -0.39 is 11.6 Å². The Morgan fingerprint density at radius 1 is 1.12 bits per heavy atom. The van der Waals surface area contributed by atoms with Crippen LogP contribution in [-0.4, -0.2) is 73.2 Å². The van der Waals surface area contributed by atoms with Crippen molar-refractivity contribution in [3.05, 3.63) is 36.4 Å². The molecule has 0 saturated carbocycles. The molecule has 1 unspecified atom stereocenters. The lowest BCUT2D eigenvalue weighted by Gasteiger charge is -2.47. The fraction of sp³-hybridized carbons (Fsp3) is 0.600. The standard InChI is InChI=1S/C30H42N4O6/c1-5-18-39-26(36)20-21-19-22(6-7-23(21)31-24-8-9-25(35)32-27(24)37)33-14-10-30(11-15-33)12-16-34(17-13-30)28(38)40-29(2,3)4/h5-7,19,24,31H,1,8-18,20H2,2-4H3,(H,32,35,37). The highest BCUT2D eigenvalue weighted by molar-refractivity contribution is 6.01. The predicted octanol–water partition coefficient (Wildman–Crippen LogP) is 3.79. The number of benzene rings is 1. The van der Waals surface area contributed by atoms with Gasteiger partial charge in [0.25, 0.3) is 0 Å². The Kier molecular flexibility index (Phi) is 9.05. The van der Waals surface area contributed by atoms with Gasteiger partial charge < -0.3 is 24.6 Å². The number of carbonyl (C=O) groups excluding carboxylic acids is 4. The van der Waals surface area contributed by atoms with Crippen LogP contribution in [0.5, 0.6) is 0 Å². The van der Waals surface area contributed by atoms with E-state index in [1.807, 2.05) is 43.9 Å². The summed E-state index contributed by atoms with van der Waals surface area (Å²) in [7, 11) is 0. The maximum Gasteiger partial charge on any atom is 0.410 e. The van der Waals surface area contributed by atoms with Gasteiger partial charge in [-0.25, -0.2) is 4.79 Å². The van der Waals surface area contributed by atoms with Gasteiger partial charge in [0.2, 0.25) is 11.8 Å². The molecular formula is C30H42N4O6. The topological polar surface area (TPSA) is 117 Å². The number of nitrogens with zero attached hydrogens (tertiary/aromatic N) is 2. The van der Waals surface area contributed by atoms with E-state index >= 15 is 0 Å². The lowest BCUT2D eigenvalue weighted by Crippen LogP contribution is -2.49. The number of carbonyl (C=O) groups is 4. The Morgan fingerprint density at radius 2 is 1.80 bits per heavy atom. The van der Waals surface area contributed by atoms with Gasteiger partial charge in [0.15, 0.2) is 0 Å². The number of imide groups is 1. The van der Waals surface area contributed by atoms with Crippen molar-refractivity contribution < 1.29 is 28.7 Å². The molecule has 3 saturated heterocycles. The summed E-state index contributed by atoms with van der Waals surface area (Å²) in [5, 5.41) is 5.60. The van der Waals surface area contributed by atoms with E-state index in [-0.39, 0.29) is 48.7 Å². The van der Waals surface area contributed by atoms with Gasteiger partial charge in [-0.15, -0.1) is 0 Å². The molecule has 1 atom stereocenters. The molecule has 3 aliphatic rings. The summed E-state index contributed by atoms with van der Waals surface area (Å²) in [5.74, 6) is -1.01. The van der Waals surface area contributed by atoms with Gasteiger partial charge >= 0.3 is 12.1 Å². The highest BCUT2D eigenvalue weighted by Crippen LogP contribution is 2.42. The summed E-state index contributed by atoms with van der Waals surface area (Å²) in [4.78, 5) is 53.0. The lowest BCUT2D eigenvalue weighted by molar-refractivity contribution is -0.141. The van der Waals surface area contributed by atoms with Gasteiger partial charge in [-0.1, -0.05) is 12.7 Å². The molecule has 40 heavy (non-hydrogen) atoms. The number of ether oxygens (including phenoxy) is 2. The number of anilines is 2. The number of hydrogen-bond acceptors (Lipinski definition) is 8. The summed E-state index contributed by atoms with van der Waals surface area (Å²) in [5.41, 5.74) is 2.16. The van der Waals surface area contributed by atoms with Crippen LogP contribution in [0.15, 0.2) is 30.9 Å². The molecule has 0 radical (unpaired) electrons. The molecule has 0 bridgehead atoms. The van der Waals surface area contributed by atoms with E-state index in [2.05, 4.69) is 22.1 Å². The fourth-order valence-corrected chi connectivity index (χ4v) is 5.67. The highest BCUT2D eigenvalue weighted by atomic mass is 16.6. The zero-order valence-electron chi connectivity index (χ0n) is 23.9. The molecule has 0 aromatic heterocycles. The number of amides is 3. The van der Waals surface area contributed by atoms with Crippen LogP contribution in [0, 0.1) is 5.41 Å². The van der Waals surface area contributed by atoms with Crippen LogP contribution in [0.3, 0.4) is 0 Å². The highest BCUT2D eigenvalue weighted by Gasteiger charge is 2.39. The minimum atomic E-state index is -0.548. The summed E-state index contributed by atoms with van der Waals surface area (Å²) >= 11 is 0. The van der Waals surface area contributed by atoms with Crippen molar-refractivity contribution in [2.24, 2.45) is 5.41 Å². The first-order valence-electron chi connectivity index (χ1n) is 14.2. The summed E-state index contributed by atoms with van der Waals surface area (Å²) in [6.45, 7) is 12.6. The maximum atomic E-state index is 12.5. The minimum Gasteiger partial charge on any atom is -0.461 e. The normalized spacial score (nSPS) is 21.0. The van der Waals surface area contributed by atoms with E-state index in [0.29, 0.717) is 25.2 Å². The van der Waals surface area contributed by atoms with Crippen molar-refractivity contribution in [2.45, 2.75) is 77.4 Å². The Bertz CT molecular complexity index is 1130. The first-order valence-corrected chi connectivity index (χ1v) is 14.2. The molecule has 1 aromatic carbocycles. The molecule has 4 rings (SSSR count). The third-order valence-electron chi connectivity index (χ3n) is 8.02. The van der Waals surface area contributed by atoms with Gasteiger partial charge in [0.05, 0.1) is 6.42 Å². The quantitative estimate of drug-likeness (QED) is 0.297. The van der Waals surface area contributed by atoms with Crippen LogP contribution >= 0.6 is 0 Å². The Morgan fingerprint density at radius 3 is 2.42 bits per heavy atom. The molecule has 3 fully saturated rings. The van der Waals surface area contributed by atoms with Crippen molar-refractivity contribution >= 4 is 35.3 Å². The molecule has 10 nitrogen and oxygen atoms in total. The zero-order chi connectivity index (χ0) is 28.9. The van der Waals surface area contributed by atoms with E-state index in [4.69, 9.17) is 9.47 Å². The van der Waals surface area contributed by atoms with Gasteiger partial charge in [0.1, 0.15) is 18.2 Å². The number of likely N-dealkylation sites (tertiary alicyclic amines) is 1. The van der Waals surface area contributed by atoms with Crippen LogP contribution in [0.2, 0.25) is 0 Å². The van der Waals surface area contributed by atoms with Gasteiger partial charge in [-0.3, -0.25) is 19.7 Å². The largest absolute Gasteiger partial charge is 0.461 e. The van der Waals surface area contributed by atoms with Crippen LogP contribution in [0.1, 0.15) is 64.9 Å². The van der Waals surface area contributed by atoms with E-state index in [1.165, 1.54) is 6.08 Å². The van der Waals surface area contributed by atoms with Crippen LogP contribution in [0.25, 0.3) is 0 Å². The molecule has 218 valence electrons. The number of hydrogen-bond donors (Lipinski definition) is 2. The molecular weight excluding hydrogens is 512 g/mol. The third kappa shape index (κ3) is 7.55. The summed E-state index contributed by atoms with van der Waals surface area (Å²) in [6, 6.07) is 5.36. The van der Waals surface area contributed by atoms with Gasteiger partial charge in [0, 0.05) is 44.0 Å². The molecule has 10 heteroatoms. The first kappa shape index (κ1) is 29.4. The van der Waals surface area contributed by atoms with Crippen LogP contribution in [0.4, 0.5) is 16.2 Å². The average Bonchev–Trinajstić information content (AvgIpc) is 2.90. The van der Waals surface area contributed by atoms with E-state index in [1.54, 1.807) is 0 Å². The van der Waals surface area contributed by atoms with Crippen molar-refractivity contribution in [1.29, 1.82) is 0 Å². The summed E-state index contributed by atoms with van der Waals surface area (Å²) in [6.07, 6.45) is 6.00. The average molecular weight is 555 g/mol. The molecule has 1 spiro atoms. The van der Waals surface area contributed by atoms with Crippen molar-refractivity contribution in [3.8, 4) is 0 Å². The first-order chi connectivity index (χ1) is 19.0. The number of rotatable bonds is 7. The maximum absolute atomic E-state index is 12.5. The zero-order valence-corrected chi connectivity index (χ0v) is 23.9. The fourth-order valence-electron chi connectivity index (χ4n) is 5.67. The number of esters is 1.